The number of aromatic amines is 1. The van der Waals surface area contributed by atoms with Gasteiger partial charge in [0.05, 0.1) is 28.7 Å². The molecule has 5 heteroatoms. The predicted octanol–water partition coefficient (Wildman–Crippen LogP) is 2.57. The second kappa shape index (κ2) is 4.14. The number of nitrogens with zero attached hydrogens (tertiary/aromatic N) is 1. The molecule has 0 fully saturated rings. The first-order chi connectivity index (χ1) is 7.65. The van der Waals surface area contributed by atoms with Crippen molar-refractivity contribution < 1.29 is 9.53 Å². The van der Waals surface area contributed by atoms with E-state index in [1.54, 1.807) is 12.1 Å². The Balaban J connectivity index is 2.60. The SMILES string of the molecule is CCc1nc2cc(C(=O)OC)c(Cl)cc2[nH]1. The molecular formula is C11H11ClN2O2. The minimum atomic E-state index is -0.451. The predicted molar refractivity (Wildman–Crippen MR) is 61.8 cm³/mol. The zero-order valence-electron chi connectivity index (χ0n) is 9.00. The summed E-state index contributed by atoms with van der Waals surface area (Å²) in [6.07, 6.45) is 0.805. The molecule has 1 aromatic heterocycles. The van der Waals surface area contributed by atoms with E-state index in [1.165, 1.54) is 7.11 Å². The van der Waals surface area contributed by atoms with Gasteiger partial charge in [0.1, 0.15) is 5.82 Å². The van der Waals surface area contributed by atoms with Crippen LogP contribution in [-0.2, 0) is 11.2 Å². The van der Waals surface area contributed by atoms with Crippen LogP contribution in [0.2, 0.25) is 5.02 Å². The van der Waals surface area contributed by atoms with Gasteiger partial charge in [-0.25, -0.2) is 9.78 Å². The Morgan fingerprint density at radius 3 is 2.94 bits per heavy atom. The zero-order chi connectivity index (χ0) is 11.7. The number of benzene rings is 1. The highest BCUT2D eigenvalue weighted by molar-refractivity contribution is 6.34. The number of esters is 1. The molecule has 0 aliphatic rings. The normalized spacial score (nSPS) is 10.7. The summed E-state index contributed by atoms with van der Waals surface area (Å²) in [7, 11) is 1.32. The number of fused-ring (bicyclic) bond motifs is 1. The first kappa shape index (κ1) is 11.0. The van der Waals surface area contributed by atoms with Gasteiger partial charge in [0.2, 0.25) is 0 Å². The summed E-state index contributed by atoms with van der Waals surface area (Å²) in [6, 6.07) is 3.33. The van der Waals surface area contributed by atoms with Crippen LogP contribution in [-0.4, -0.2) is 23.0 Å². The molecule has 1 aromatic carbocycles. The Hall–Kier alpha value is -1.55. The molecule has 84 valence electrons. The molecule has 0 aliphatic heterocycles. The average molecular weight is 239 g/mol. The van der Waals surface area contributed by atoms with E-state index in [1.807, 2.05) is 6.92 Å². The number of carbonyl (C=O) groups is 1. The standard InChI is InChI=1S/C11H11ClN2O2/c1-3-10-13-8-4-6(11(15)16-2)7(12)5-9(8)14-10/h4-5H,3H2,1-2H3,(H,13,14). The van der Waals surface area contributed by atoms with E-state index in [0.29, 0.717) is 10.6 Å². The quantitative estimate of drug-likeness (QED) is 0.818. The second-order valence-corrected chi connectivity index (χ2v) is 3.79. The number of aryl methyl sites for hydroxylation is 1. The van der Waals surface area contributed by atoms with Gasteiger partial charge >= 0.3 is 5.97 Å². The fourth-order valence-corrected chi connectivity index (χ4v) is 1.76. The lowest BCUT2D eigenvalue weighted by Gasteiger charge is -2.01. The van der Waals surface area contributed by atoms with Gasteiger partial charge < -0.3 is 9.72 Å². The number of rotatable bonds is 2. The van der Waals surface area contributed by atoms with Crippen LogP contribution in [0.5, 0.6) is 0 Å². The monoisotopic (exact) mass is 238 g/mol. The topological polar surface area (TPSA) is 55.0 Å². The molecule has 2 rings (SSSR count). The highest BCUT2D eigenvalue weighted by Gasteiger charge is 2.13. The van der Waals surface area contributed by atoms with Crippen LogP contribution in [0.25, 0.3) is 11.0 Å². The number of hydrogen-bond donors (Lipinski definition) is 1. The molecule has 0 radical (unpaired) electrons. The van der Waals surface area contributed by atoms with Crippen molar-refractivity contribution in [3.63, 3.8) is 0 Å². The largest absolute Gasteiger partial charge is 0.465 e. The number of ether oxygens (including phenoxy) is 1. The number of aromatic nitrogens is 2. The third kappa shape index (κ3) is 1.76. The fourth-order valence-electron chi connectivity index (χ4n) is 1.52. The van der Waals surface area contributed by atoms with Crippen molar-refractivity contribution in [2.75, 3.05) is 7.11 Å². The summed E-state index contributed by atoms with van der Waals surface area (Å²) in [5.74, 6) is 0.418. The van der Waals surface area contributed by atoms with Crippen molar-refractivity contribution >= 4 is 28.6 Å². The van der Waals surface area contributed by atoms with Crippen LogP contribution >= 0.6 is 11.6 Å². The molecule has 0 unspecified atom stereocenters. The van der Waals surface area contributed by atoms with Gasteiger partial charge in [0.15, 0.2) is 0 Å². The zero-order valence-corrected chi connectivity index (χ0v) is 9.76. The van der Waals surface area contributed by atoms with Crippen molar-refractivity contribution in [1.82, 2.24) is 9.97 Å². The smallest absolute Gasteiger partial charge is 0.339 e. The molecule has 0 saturated heterocycles. The summed E-state index contributed by atoms with van der Waals surface area (Å²) in [5, 5.41) is 0.366. The van der Waals surface area contributed by atoms with Crippen molar-refractivity contribution in [3.05, 3.63) is 28.5 Å². The molecule has 16 heavy (non-hydrogen) atoms. The summed E-state index contributed by atoms with van der Waals surface area (Å²) >= 11 is 5.98. The molecule has 0 saturated carbocycles. The van der Waals surface area contributed by atoms with Crippen LogP contribution in [0.4, 0.5) is 0 Å². The van der Waals surface area contributed by atoms with Gasteiger partial charge in [-0.1, -0.05) is 18.5 Å². The number of halogens is 1. The lowest BCUT2D eigenvalue weighted by Crippen LogP contribution is -2.01. The minimum Gasteiger partial charge on any atom is -0.465 e. The molecule has 0 atom stereocenters. The maximum absolute atomic E-state index is 11.4. The molecular weight excluding hydrogens is 228 g/mol. The Kier molecular flexibility index (Phi) is 2.83. The van der Waals surface area contributed by atoms with Gasteiger partial charge in [-0.3, -0.25) is 0 Å². The van der Waals surface area contributed by atoms with Crippen molar-refractivity contribution in [1.29, 1.82) is 0 Å². The molecule has 0 bridgehead atoms. The summed E-state index contributed by atoms with van der Waals surface area (Å²) in [5.41, 5.74) is 1.89. The lowest BCUT2D eigenvalue weighted by molar-refractivity contribution is 0.0601. The Bertz CT molecular complexity index is 548. The minimum absolute atomic E-state index is 0.339. The van der Waals surface area contributed by atoms with E-state index < -0.39 is 5.97 Å². The van der Waals surface area contributed by atoms with Crippen LogP contribution < -0.4 is 0 Å². The Morgan fingerprint density at radius 2 is 2.31 bits per heavy atom. The van der Waals surface area contributed by atoms with Gasteiger partial charge in [0.25, 0.3) is 0 Å². The molecule has 1 N–H and O–H groups in total. The van der Waals surface area contributed by atoms with E-state index in [-0.39, 0.29) is 0 Å². The van der Waals surface area contributed by atoms with E-state index in [0.717, 1.165) is 23.3 Å². The summed E-state index contributed by atoms with van der Waals surface area (Å²) in [6.45, 7) is 2.00. The lowest BCUT2D eigenvalue weighted by atomic mass is 10.2. The average Bonchev–Trinajstić information content (AvgIpc) is 2.68. The number of hydrogen-bond acceptors (Lipinski definition) is 3. The van der Waals surface area contributed by atoms with E-state index in [9.17, 15) is 4.79 Å². The molecule has 0 aliphatic carbocycles. The molecule has 0 spiro atoms. The van der Waals surface area contributed by atoms with Crippen LogP contribution in [0.1, 0.15) is 23.1 Å². The van der Waals surface area contributed by atoms with Gasteiger partial charge in [-0.15, -0.1) is 0 Å². The first-order valence-corrected chi connectivity index (χ1v) is 5.30. The second-order valence-electron chi connectivity index (χ2n) is 3.38. The van der Waals surface area contributed by atoms with Gasteiger partial charge in [-0.05, 0) is 12.1 Å². The number of imidazole rings is 1. The maximum atomic E-state index is 11.4. The van der Waals surface area contributed by atoms with E-state index >= 15 is 0 Å². The summed E-state index contributed by atoms with van der Waals surface area (Å²) in [4.78, 5) is 18.9. The maximum Gasteiger partial charge on any atom is 0.339 e. The molecule has 1 heterocycles. The Morgan fingerprint density at radius 1 is 1.56 bits per heavy atom. The number of carbonyl (C=O) groups excluding carboxylic acids is 1. The number of H-pyrrole nitrogens is 1. The van der Waals surface area contributed by atoms with Gasteiger partial charge in [-0.2, -0.15) is 0 Å². The summed E-state index contributed by atoms with van der Waals surface area (Å²) < 4.78 is 4.64. The fraction of sp³-hybridized carbons (Fsp3) is 0.273. The number of nitrogens with one attached hydrogen (secondary N) is 1. The molecule has 4 nitrogen and oxygen atoms in total. The highest BCUT2D eigenvalue weighted by atomic mass is 35.5. The van der Waals surface area contributed by atoms with Crippen LogP contribution in [0.15, 0.2) is 12.1 Å². The molecule has 0 amide bonds. The molecule has 2 aromatic rings. The van der Waals surface area contributed by atoms with Crippen molar-refractivity contribution in [2.45, 2.75) is 13.3 Å². The van der Waals surface area contributed by atoms with E-state index in [4.69, 9.17) is 11.6 Å². The highest BCUT2D eigenvalue weighted by Crippen LogP contribution is 2.23. The third-order valence-electron chi connectivity index (χ3n) is 2.36. The van der Waals surface area contributed by atoms with E-state index in [2.05, 4.69) is 14.7 Å². The number of methoxy groups -OCH3 is 1. The third-order valence-corrected chi connectivity index (χ3v) is 2.67. The van der Waals surface area contributed by atoms with Gasteiger partial charge in [0, 0.05) is 6.42 Å². The van der Waals surface area contributed by atoms with Crippen LogP contribution in [0, 0.1) is 0 Å². The van der Waals surface area contributed by atoms with Crippen molar-refractivity contribution in [2.24, 2.45) is 0 Å². The Labute approximate surface area is 97.6 Å². The first-order valence-electron chi connectivity index (χ1n) is 4.92. The van der Waals surface area contributed by atoms with Crippen LogP contribution in [0.3, 0.4) is 0 Å². The van der Waals surface area contributed by atoms with Crippen molar-refractivity contribution in [3.8, 4) is 0 Å².